The average molecular weight is 339 g/mol. The highest BCUT2D eigenvalue weighted by Crippen LogP contribution is 2.44. The molecular weight excluding hydrogens is 314 g/mol. The Morgan fingerprint density at radius 3 is 3.24 bits per heavy atom. The average Bonchev–Trinajstić information content (AvgIpc) is 3.03. The molecular formula is C20H25N3O2. The fraction of sp³-hybridized carbons (Fsp3) is 0.450. The van der Waals surface area contributed by atoms with Crippen LogP contribution in [0.25, 0.3) is 10.9 Å². The van der Waals surface area contributed by atoms with Gasteiger partial charge in [0.15, 0.2) is 0 Å². The maximum Gasteiger partial charge on any atom is 0.407 e. The topological polar surface area (TPSA) is 57.4 Å². The van der Waals surface area contributed by atoms with E-state index in [1.807, 2.05) is 0 Å². The quantitative estimate of drug-likeness (QED) is 0.842. The number of alkyl carbamates (subject to hydrolysis) is 1. The van der Waals surface area contributed by atoms with Crippen molar-refractivity contribution >= 4 is 17.0 Å². The Balaban J connectivity index is 1.51. The number of carbonyl (C=O) groups excluding carboxylic acids is 1. The molecule has 5 heteroatoms. The summed E-state index contributed by atoms with van der Waals surface area (Å²) in [6.45, 7) is 5.46. The van der Waals surface area contributed by atoms with Gasteiger partial charge in [0.2, 0.25) is 0 Å². The van der Waals surface area contributed by atoms with Gasteiger partial charge in [-0.1, -0.05) is 24.8 Å². The highest BCUT2D eigenvalue weighted by molar-refractivity contribution is 5.88. The zero-order valence-corrected chi connectivity index (χ0v) is 14.6. The van der Waals surface area contributed by atoms with Crippen LogP contribution in [0.1, 0.15) is 23.5 Å². The van der Waals surface area contributed by atoms with E-state index < -0.39 is 0 Å². The third-order valence-corrected chi connectivity index (χ3v) is 5.68. The van der Waals surface area contributed by atoms with Crippen molar-refractivity contribution in [3.63, 3.8) is 0 Å². The van der Waals surface area contributed by atoms with Crippen molar-refractivity contribution in [2.45, 2.75) is 24.8 Å². The Bertz CT molecular complexity index is 797. The largest absolute Gasteiger partial charge is 0.445 e. The molecule has 1 saturated heterocycles. The normalized spacial score (nSPS) is 25.4. The molecule has 1 aliphatic heterocycles. The van der Waals surface area contributed by atoms with E-state index in [1.54, 1.807) is 6.08 Å². The molecule has 0 spiro atoms. The fourth-order valence-corrected chi connectivity index (χ4v) is 4.62. The number of hydrogen-bond acceptors (Lipinski definition) is 3. The molecule has 2 heterocycles. The summed E-state index contributed by atoms with van der Waals surface area (Å²) < 4.78 is 5.01. The van der Waals surface area contributed by atoms with Crippen LogP contribution in [0.2, 0.25) is 0 Å². The molecule has 2 aliphatic rings. The van der Waals surface area contributed by atoms with Gasteiger partial charge in [0.1, 0.15) is 6.61 Å². The van der Waals surface area contributed by atoms with Crippen molar-refractivity contribution in [2.75, 3.05) is 26.7 Å². The monoisotopic (exact) mass is 339 g/mol. The Labute approximate surface area is 148 Å². The first-order chi connectivity index (χ1) is 12.2. The molecule has 3 atom stereocenters. The van der Waals surface area contributed by atoms with Crippen molar-refractivity contribution in [1.29, 1.82) is 0 Å². The van der Waals surface area contributed by atoms with Gasteiger partial charge in [-0.2, -0.15) is 0 Å². The van der Waals surface area contributed by atoms with Crippen LogP contribution in [0, 0.1) is 5.92 Å². The lowest BCUT2D eigenvalue weighted by Crippen LogP contribution is -2.50. The summed E-state index contributed by atoms with van der Waals surface area (Å²) in [5, 5.41) is 4.31. The summed E-state index contributed by atoms with van der Waals surface area (Å²) >= 11 is 0. The van der Waals surface area contributed by atoms with E-state index in [0.29, 0.717) is 24.4 Å². The highest BCUT2D eigenvalue weighted by Gasteiger charge is 2.39. The second-order valence-corrected chi connectivity index (χ2v) is 7.27. The van der Waals surface area contributed by atoms with Gasteiger partial charge in [-0.05, 0) is 43.0 Å². The molecule has 5 nitrogen and oxygen atoms in total. The van der Waals surface area contributed by atoms with Crippen LogP contribution in [-0.4, -0.2) is 48.8 Å². The van der Waals surface area contributed by atoms with Crippen molar-refractivity contribution in [3.8, 4) is 0 Å². The maximum atomic E-state index is 11.7. The first-order valence-corrected chi connectivity index (χ1v) is 8.98. The summed E-state index contributed by atoms with van der Waals surface area (Å²) in [6, 6.07) is 7.12. The van der Waals surface area contributed by atoms with Crippen LogP contribution < -0.4 is 5.32 Å². The zero-order chi connectivity index (χ0) is 17.4. The Hall–Kier alpha value is -2.27. The third-order valence-electron chi connectivity index (χ3n) is 5.68. The summed E-state index contributed by atoms with van der Waals surface area (Å²) in [7, 11) is 2.21. The van der Waals surface area contributed by atoms with Gasteiger partial charge in [-0.3, -0.25) is 0 Å². The fourth-order valence-electron chi connectivity index (χ4n) is 4.62. The van der Waals surface area contributed by atoms with Crippen molar-refractivity contribution in [1.82, 2.24) is 15.2 Å². The van der Waals surface area contributed by atoms with Crippen LogP contribution >= 0.6 is 0 Å². The SMILES string of the molecule is C=CCOC(=O)NC[C@@H]1C[C@@H]2c3cccc4[nH]cc(c34)C[C@H]2N(C)C1. The van der Waals surface area contributed by atoms with Crippen LogP contribution in [0.4, 0.5) is 4.79 Å². The molecule has 0 bridgehead atoms. The number of nitrogens with one attached hydrogen (secondary N) is 2. The number of H-pyrrole nitrogens is 1. The first kappa shape index (κ1) is 16.2. The number of nitrogens with zero attached hydrogens (tertiary/aromatic N) is 1. The van der Waals surface area contributed by atoms with Crippen LogP contribution in [0.15, 0.2) is 37.1 Å². The van der Waals surface area contributed by atoms with E-state index in [4.69, 9.17) is 4.74 Å². The second kappa shape index (κ2) is 6.56. The lowest BCUT2D eigenvalue weighted by Gasteiger charge is -2.45. The van der Waals surface area contributed by atoms with Gasteiger partial charge in [0.05, 0.1) is 0 Å². The maximum absolute atomic E-state index is 11.7. The second-order valence-electron chi connectivity index (χ2n) is 7.27. The van der Waals surface area contributed by atoms with Gasteiger partial charge < -0.3 is 19.9 Å². The number of hydrogen-bond donors (Lipinski definition) is 2. The Kier molecular flexibility index (Phi) is 4.25. The molecule has 0 radical (unpaired) electrons. The van der Waals surface area contributed by atoms with Crippen molar-refractivity contribution in [2.24, 2.45) is 5.92 Å². The lowest BCUT2D eigenvalue weighted by molar-refractivity contribution is 0.107. The van der Waals surface area contributed by atoms with Crippen LogP contribution in [-0.2, 0) is 11.2 Å². The molecule has 132 valence electrons. The Morgan fingerprint density at radius 1 is 1.52 bits per heavy atom. The highest BCUT2D eigenvalue weighted by atomic mass is 16.5. The number of benzene rings is 1. The molecule has 0 unspecified atom stereocenters. The first-order valence-electron chi connectivity index (χ1n) is 8.98. The predicted molar refractivity (Wildman–Crippen MR) is 98.8 cm³/mol. The van der Waals surface area contributed by atoms with Crippen molar-refractivity contribution in [3.05, 3.63) is 48.2 Å². The lowest BCUT2D eigenvalue weighted by atomic mass is 9.72. The minimum Gasteiger partial charge on any atom is -0.445 e. The molecule has 1 aromatic carbocycles. The smallest absolute Gasteiger partial charge is 0.407 e. The number of likely N-dealkylation sites (N-methyl/N-ethyl adjacent to an activating group) is 1. The van der Waals surface area contributed by atoms with Crippen molar-refractivity contribution < 1.29 is 9.53 Å². The predicted octanol–water partition coefficient (Wildman–Crippen LogP) is 3.04. The number of carbonyl (C=O) groups is 1. The van der Waals surface area contributed by atoms with Gasteiger partial charge in [-0.25, -0.2) is 4.79 Å². The minimum absolute atomic E-state index is 0.249. The molecule has 0 saturated carbocycles. The Morgan fingerprint density at radius 2 is 2.40 bits per heavy atom. The standard InChI is InChI=1S/C20H25N3O2/c1-3-7-25-20(24)22-10-13-8-16-15-5-4-6-17-19(15)14(11-21-17)9-18(16)23(2)12-13/h3-6,11,13,16,18,21H,1,7-10,12H2,2H3,(H,22,24)/t13-,16+,18+/m0/s1. The molecule has 4 rings (SSSR count). The van der Waals surface area contributed by atoms with E-state index in [9.17, 15) is 4.79 Å². The summed E-state index contributed by atoms with van der Waals surface area (Å²) in [5.74, 6) is 0.944. The van der Waals surface area contributed by atoms with Gasteiger partial charge >= 0.3 is 6.09 Å². The number of aromatic amines is 1. The van der Waals surface area contributed by atoms with E-state index in [-0.39, 0.29) is 12.7 Å². The zero-order valence-electron chi connectivity index (χ0n) is 14.6. The molecule has 2 aromatic rings. The number of aromatic nitrogens is 1. The van der Waals surface area contributed by atoms with E-state index in [0.717, 1.165) is 19.4 Å². The molecule has 25 heavy (non-hydrogen) atoms. The van der Waals surface area contributed by atoms with Gasteiger partial charge in [0, 0.05) is 42.1 Å². The van der Waals surface area contributed by atoms with Crippen LogP contribution in [0.5, 0.6) is 0 Å². The van der Waals surface area contributed by atoms with Gasteiger partial charge in [-0.15, -0.1) is 0 Å². The number of piperidine rings is 1. The van der Waals surface area contributed by atoms with E-state index >= 15 is 0 Å². The summed E-state index contributed by atoms with van der Waals surface area (Å²) in [5.41, 5.74) is 4.13. The molecule has 1 aliphatic carbocycles. The number of fused-ring (bicyclic) bond motifs is 2. The molecule has 2 N–H and O–H groups in total. The van der Waals surface area contributed by atoms with Gasteiger partial charge in [0.25, 0.3) is 0 Å². The number of rotatable bonds is 4. The minimum atomic E-state index is -0.358. The van der Waals surface area contributed by atoms with E-state index in [1.165, 1.54) is 22.0 Å². The molecule has 1 amide bonds. The van der Waals surface area contributed by atoms with E-state index in [2.05, 4.69) is 53.2 Å². The third kappa shape index (κ3) is 2.93. The number of amides is 1. The molecule has 1 fully saturated rings. The molecule has 1 aromatic heterocycles. The summed E-state index contributed by atoms with van der Waals surface area (Å²) in [4.78, 5) is 17.6. The summed E-state index contributed by atoms with van der Waals surface area (Å²) in [6.07, 6.45) is 5.58. The number of ether oxygens (including phenoxy) is 1. The number of likely N-dealkylation sites (tertiary alicyclic amines) is 1. The van der Waals surface area contributed by atoms with Crippen LogP contribution in [0.3, 0.4) is 0 Å².